The summed E-state index contributed by atoms with van der Waals surface area (Å²) in [6.45, 7) is 15.0. The van der Waals surface area contributed by atoms with Gasteiger partial charge in [0, 0.05) is 45.7 Å². The molecule has 4 rings (SSSR count). The number of likely N-dealkylation sites (tertiary alicyclic amines) is 1. The number of hydrogen-bond acceptors (Lipinski definition) is 9. The minimum atomic E-state index is -3.56. The third-order valence-corrected chi connectivity index (χ3v) is 12.1. The molecule has 16 nitrogen and oxygen atoms in total. The Hall–Kier alpha value is -4.51. The summed E-state index contributed by atoms with van der Waals surface area (Å²) in [6.07, 6.45) is 3.50. The van der Waals surface area contributed by atoms with E-state index in [-0.39, 0.29) is 38.4 Å². The third kappa shape index (κ3) is 12.5. The number of rotatable bonds is 15. The molecule has 1 aromatic rings. The SMILES string of the molecule is C=CCNC(=O)C(=O)C(CC1CC1)NC(=O)[C@@H]1C[C@@H](OC(=O)N2CCc3ccccc3C2)CN1C(=O)C(NC(=O)NC(CN(C)S(C)(=O)=O)C(C)(C)C)C(C)(C)C. The molecule has 1 saturated heterocycles. The van der Waals surface area contributed by atoms with Gasteiger partial charge in [-0.1, -0.05) is 84.7 Å². The maximum atomic E-state index is 14.7. The molecule has 0 bridgehead atoms. The van der Waals surface area contributed by atoms with E-state index in [1.165, 1.54) is 18.0 Å². The predicted octanol–water partition coefficient (Wildman–Crippen LogP) is 2.33. The van der Waals surface area contributed by atoms with E-state index in [1.54, 1.807) is 25.7 Å². The van der Waals surface area contributed by atoms with Crippen molar-refractivity contribution in [1.82, 2.24) is 35.4 Å². The number of ketones is 1. The molecule has 2 heterocycles. The normalized spacial score (nSPS) is 20.1. The number of carbonyl (C=O) groups is 6. The standard InChI is InChI=1S/C40H61N7O9S/c1-10-18-41-35(50)32(48)29(20-25-15-16-25)42-34(49)30-21-28(56-38(53)46-19-17-26-13-11-12-14-27(26)22-46)23-47(30)36(51)33(40(5,6)7)44-37(52)43-31(39(2,3)4)24-45(8)57(9,54)55/h10-14,25,28-31,33H,1,15-24H2,2-9H3,(H,41,50)(H,42,49)(H2,43,44,52)/t28-,29?,30+,31?,33?/m1/s1. The van der Waals surface area contributed by atoms with Crippen molar-refractivity contribution in [2.24, 2.45) is 16.7 Å². The number of fused-ring (bicyclic) bond motifs is 1. The molecular weight excluding hydrogens is 755 g/mol. The monoisotopic (exact) mass is 815 g/mol. The number of amides is 6. The van der Waals surface area contributed by atoms with E-state index in [0.29, 0.717) is 19.5 Å². The van der Waals surface area contributed by atoms with Crippen LogP contribution in [0.4, 0.5) is 9.59 Å². The average molecular weight is 816 g/mol. The summed E-state index contributed by atoms with van der Waals surface area (Å²) in [5.41, 5.74) is 0.657. The summed E-state index contributed by atoms with van der Waals surface area (Å²) in [5, 5.41) is 10.8. The molecule has 316 valence electrons. The Bertz CT molecular complexity index is 1800. The van der Waals surface area contributed by atoms with Gasteiger partial charge in [0.1, 0.15) is 18.2 Å². The first-order valence-electron chi connectivity index (χ1n) is 19.5. The Labute approximate surface area is 336 Å². The summed E-state index contributed by atoms with van der Waals surface area (Å²) in [4.78, 5) is 84.9. The Kier molecular flexibility index (Phi) is 14.6. The Morgan fingerprint density at radius 3 is 2.21 bits per heavy atom. The first-order chi connectivity index (χ1) is 26.5. The lowest BCUT2D eigenvalue weighted by atomic mass is 9.85. The molecule has 0 radical (unpaired) electrons. The zero-order valence-corrected chi connectivity index (χ0v) is 35.4. The molecule has 1 aromatic carbocycles. The van der Waals surface area contributed by atoms with Gasteiger partial charge in [0.2, 0.25) is 27.6 Å². The van der Waals surface area contributed by atoms with Crippen LogP contribution in [0.25, 0.3) is 0 Å². The molecule has 1 saturated carbocycles. The first kappa shape index (κ1) is 45.2. The maximum Gasteiger partial charge on any atom is 0.410 e. The van der Waals surface area contributed by atoms with Crippen molar-refractivity contribution >= 4 is 45.7 Å². The molecule has 3 aliphatic rings. The van der Waals surface area contributed by atoms with Gasteiger partial charge in [-0.25, -0.2) is 22.3 Å². The highest BCUT2D eigenvalue weighted by molar-refractivity contribution is 7.88. The molecule has 6 amide bonds. The van der Waals surface area contributed by atoms with Crippen LogP contribution >= 0.6 is 0 Å². The van der Waals surface area contributed by atoms with E-state index in [9.17, 15) is 37.2 Å². The van der Waals surface area contributed by atoms with Crippen molar-refractivity contribution in [3.63, 3.8) is 0 Å². The van der Waals surface area contributed by atoms with Crippen molar-refractivity contribution in [1.29, 1.82) is 0 Å². The van der Waals surface area contributed by atoms with Crippen LogP contribution in [0.3, 0.4) is 0 Å². The number of benzene rings is 1. The van der Waals surface area contributed by atoms with E-state index in [0.717, 1.165) is 34.5 Å². The second kappa shape index (κ2) is 18.4. The van der Waals surface area contributed by atoms with Gasteiger partial charge >= 0.3 is 12.1 Å². The van der Waals surface area contributed by atoms with Crippen molar-refractivity contribution < 1.29 is 41.9 Å². The Morgan fingerprint density at radius 2 is 1.63 bits per heavy atom. The van der Waals surface area contributed by atoms with E-state index in [2.05, 4.69) is 27.8 Å². The third-order valence-electron chi connectivity index (χ3n) is 10.8. The Balaban J connectivity index is 1.59. The molecule has 57 heavy (non-hydrogen) atoms. The van der Waals surface area contributed by atoms with Crippen LogP contribution < -0.4 is 21.3 Å². The van der Waals surface area contributed by atoms with Crippen LogP contribution in [-0.2, 0) is 46.9 Å². The van der Waals surface area contributed by atoms with E-state index < -0.39 is 86.8 Å². The van der Waals surface area contributed by atoms with Crippen LogP contribution in [0.1, 0.15) is 78.4 Å². The van der Waals surface area contributed by atoms with Crippen LogP contribution in [-0.4, -0.2) is 128 Å². The van der Waals surface area contributed by atoms with Crippen molar-refractivity contribution in [3.05, 3.63) is 48.0 Å². The fourth-order valence-corrected chi connectivity index (χ4v) is 7.33. The van der Waals surface area contributed by atoms with E-state index in [1.807, 2.05) is 45.0 Å². The highest BCUT2D eigenvalue weighted by Gasteiger charge is 2.48. The molecule has 3 unspecified atom stereocenters. The number of nitrogens with one attached hydrogen (secondary N) is 4. The number of nitrogens with zero attached hydrogens (tertiary/aromatic N) is 3. The van der Waals surface area contributed by atoms with E-state index >= 15 is 0 Å². The van der Waals surface area contributed by atoms with Gasteiger partial charge in [-0.3, -0.25) is 19.2 Å². The largest absolute Gasteiger partial charge is 0.444 e. The molecule has 2 fully saturated rings. The lowest BCUT2D eigenvalue weighted by Gasteiger charge is -2.37. The lowest BCUT2D eigenvalue weighted by molar-refractivity contribution is -0.144. The van der Waals surface area contributed by atoms with Gasteiger partial charge < -0.3 is 35.8 Å². The molecule has 0 aromatic heterocycles. The number of ether oxygens (including phenoxy) is 1. The topological polar surface area (TPSA) is 204 Å². The fourth-order valence-electron chi connectivity index (χ4n) is 6.91. The minimum Gasteiger partial charge on any atom is -0.444 e. The van der Waals surface area contributed by atoms with E-state index in [4.69, 9.17) is 4.74 Å². The molecule has 0 spiro atoms. The number of urea groups is 1. The van der Waals surface area contributed by atoms with Crippen LogP contribution in [0.15, 0.2) is 36.9 Å². The lowest BCUT2D eigenvalue weighted by Crippen LogP contribution is -2.62. The zero-order chi connectivity index (χ0) is 42.5. The predicted molar refractivity (Wildman–Crippen MR) is 214 cm³/mol. The van der Waals surface area contributed by atoms with Crippen molar-refractivity contribution in [2.45, 2.75) is 110 Å². The average Bonchev–Trinajstić information content (AvgIpc) is 3.85. The fraction of sp³-hybridized carbons (Fsp3) is 0.650. The van der Waals surface area contributed by atoms with Gasteiger partial charge in [0.25, 0.3) is 5.91 Å². The summed E-state index contributed by atoms with van der Waals surface area (Å²) in [6, 6.07) is 2.86. The minimum absolute atomic E-state index is 0.0275. The maximum absolute atomic E-state index is 14.7. The summed E-state index contributed by atoms with van der Waals surface area (Å²) in [5.74, 6) is -2.86. The number of sulfonamides is 1. The number of likely N-dealkylation sites (N-methyl/N-ethyl adjacent to an activating group) is 1. The van der Waals surface area contributed by atoms with Gasteiger partial charge in [0.15, 0.2) is 0 Å². The second-order valence-corrected chi connectivity index (χ2v) is 19.8. The molecule has 17 heteroatoms. The summed E-state index contributed by atoms with van der Waals surface area (Å²) >= 11 is 0. The van der Waals surface area contributed by atoms with Crippen LogP contribution in [0.5, 0.6) is 0 Å². The first-order valence-corrected chi connectivity index (χ1v) is 21.4. The number of Topliss-reactive ketones (excluding diaryl/α,β-unsaturated/α-hetero) is 1. The Morgan fingerprint density at radius 1 is 0.982 bits per heavy atom. The van der Waals surface area contributed by atoms with Gasteiger partial charge in [0.05, 0.1) is 18.8 Å². The summed E-state index contributed by atoms with van der Waals surface area (Å²) in [7, 11) is -2.15. The van der Waals surface area contributed by atoms with Crippen LogP contribution in [0, 0.1) is 16.7 Å². The van der Waals surface area contributed by atoms with Crippen LogP contribution in [0.2, 0.25) is 0 Å². The van der Waals surface area contributed by atoms with Gasteiger partial charge in [-0.15, -0.1) is 6.58 Å². The van der Waals surface area contributed by atoms with Crippen molar-refractivity contribution in [2.75, 3.05) is 39.5 Å². The number of hydrogen-bond donors (Lipinski definition) is 4. The second-order valence-electron chi connectivity index (χ2n) is 17.7. The molecule has 4 N–H and O–H groups in total. The molecular formula is C40H61N7O9S. The molecule has 1 aliphatic carbocycles. The quantitative estimate of drug-likeness (QED) is 0.151. The summed E-state index contributed by atoms with van der Waals surface area (Å²) < 4.78 is 31.5. The van der Waals surface area contributed by atoms with Gasteiger partial charge in [-0.05, 0) is 40.7 Å². The van der Waals surface area contributed by atoms with Crippen molar-refractivity contribution in [3.8, 4) is 0 Å². The molecule has 5 atom stereocenters. The highest BCUT2D eigenvalue weighted by atomic mass is 32.2. The zero-order valence-electron chi connectivity index (χ0n) is 34.6. The molecule has 2 aliphatic heterocycles. The number of carbonyl (C=O) groups excluding carboxylic acids is 6. The highest BCUT2D eigenvalue weighted by Crippen LogP contribution is 2.34. The smallest absolute Gasteiger partial charge is 0.410 e. The van der Waals surface area contributed by atoms with Gasteiger partial charge in [-0.2, -0.15) is 0 Å².